The quantitative estimate of drug-likeness (QED) is 0.908. The zero-order chi connectivity index (χ0) is 15.5. The third-order valence-electron chi connectivity index (χ3n) is 4.90. The highest BCUT2D eigenvalue weighted by molar-refractivity contribution is 5.97. The van der Waals surface area contributed by atoms with Crippen molar-refractivity contribution in [2.24, 2.45) is 0 Å². The molecule has 0 unspecified atom stereocenters. The molecule has 4 heteroatoms. The number of hydrogen-bond acceptors (Lipinski definition) is 3. The van der Waals surface area contributed by atoms with Crippen LogP contribution in [0.25, 0.3) is 0 Å². The number of rotatable bonds is 5. The molecule has 3 rings (SSSR count). The lowest BCUT2D eigenvalue weighted by Gasteiger charge is -2.23. The second-order valence-electron chi connectivity index (χ2n) is 6.22. The first kappa shape index (κ1) is 15.3. The minimum absolute atomic E-state index is 0.0106. The number of likely N-dealkylation sites (N-methyl/N-ethyl adjacent to an activating group) is 1. The van der Waals surface area contributed by atoms with Gasteiger partial charge in [0.25, 0.3) is 5.91 Å². The summed E-state index contributed by atoms with van der Waals surface area (Å²) in [6.07, 6.45) is 4.27. The van der Waals surface area contributed by atoms with E-state index in [1.165, 1.54) is 24.0 Å². The van der Waals surface area contributed by atoms with Gasteiger partial charge in [-0.05, 0) is 49.5 Å². The lowest BCUT2D eigenvalue weighted by Crippen LogP contribution is -2.40. The van der Waals surface area contributed by atoms with Crippen molar-refractivity contribution < 1.29 is 9.53 Å². The van der Waals surface area contributed by atoms with Gasteiger partial charge in [-0.25, -0.2) is 0 Å². The molecule has 1 aromatic carbocycles. The number of likely N-dealkylation sites (tertiary alicyclic amines) is 1. The fraction of sp³-hybridized carbons (Fsp3) is 0.611. The number of aryl methyl sites for hydroxylation is 1. The van der Waals surface area contributed by atoms with Gasteiger partial charge in [0.1, 0.15) is 5.75 Å². The Morgan fingerprint density at radius 3 is 3.05 bits per heavy atom. The van der Waals surface area contributed by atoms with E-state index in [9.17, 15) is 4.79 Å². The molecule has 120 valence electrons. The number of benzene rings is 1. The van der Waals surface area contributed by atoms with Gasteiger partial charge in [0.15, 0.2) is 0 Å². The largest absolute Gasteiger partial charge is 0.492 e. The van der Waals surface area contributed by atoms with E-state index in [-0.39, 0.29) is 5.91 Å². The molecule has 2 aliphatic heterocycles. The summed E-state index contributed by atoms with van der Waals surface area (Å²) in [5.41, 5.74) is 3.11. The Labute approximate surface area is 132 Å². The molecular weight excluding hydrogens is 276 g/mol. The van der Waals surface area contributed by atoms with Gasteiger partial charge < -0.3 is 10.1 Å². The topological polar surface area (TPSA) is 41.6 Å². The van der Waals surface area contributed by atoms with Crippen molar-refractivity contribution in [3.05, 3.63) is 28.8 Å². The van der Waals surface area contributed by atoms with Crippen molar-refractivity contribution in [2.75, 3.05) is 26.2 Å². The molecule has 0 saturated carbocycles. The van der Waals surface area contributed by atoms with Crippen LogP contribution in [-0.4, -0.2) is 43.1 Å². The van der Waals surface area contributed by atoms with Crippen LogP contribution in [0.2, 0.25) is 0 Å². The van der Waals surface area contributed by atoms with Crippen LogP contribution in [0, 0.1) is 0 Å². The maximum Gasteiger partial charge on any atom is 0.255 e. The van der Waals surface area contributed by atoms with E-state index in [0.29, 0.717) is 18.2 Å². The fourth-order valence-electron chi connectivity index (χ4n) is 3.60. The second kappa shape index (κ2) is 6.69. The number of fused-ring (bicyclic) bond motifs is 1. The molecule has 1 saturated heterocycles. The summed E-state index contributed by atoms with van der Waals surface area (Å²) in [4.78, 5) is 15.1. The first-order valence-corrected chi connectivity index (χ1v) is 8.53. The highest BCUT2D eigenvalue weighted by atomic mass is 16.5. The smallest absolute Gasteiger partial charge is 0.255 e. The molecule has 0 aliphatic carbocycles. The van der Waals surface area contributed by atoms with Crippen LogP contribution >= 0.6 is 0 Å². The number of ether oxygens (including phenoxy) is 1. The lowest BCUT2D eigenvalue weighted by molar-refractivity contribution is 0.0938. The van der Waals surface area contributed by atoms with Crippen molar-refractivity contribution in [3.63, 3.8) is 0 Å². The fourth-order valence-corrected chi connectivity index (χ4v) is 3.60. The number of nitrogens with zero attached hydrogens (tertiary/aromatic N) is 1. The molecule has 1 atom stereocenters. The Morgan fingerprint density at radius 1 is 1.41 bits per heavy atom. The third kappa shape index (κ3) is 2.98. The Hall–Kier alpha value is -1.55. The minimum Gasteiger partial charge on any atom is -0.492 e. The van der Waals surface area contributed by atoms with Gasteiger partial charge in [-0.3, -0.25) is 9.69 Å². The van der Waals surface area contributed by atoms with E-state index in [4.69, 9.17) is 4.74 Å². The molecule has 1 N–H and O–H groups in total. The van der Waals surface area contributed by atoms with E-state index < -0.39 is 0 Å². The highest BCUT2D eigenvalue weighted by Gasteiger charge is 2.25. The predicted molar refractivity (Wildman–Crippen MR) is 87.6 cm³/mol. The predicted octanol–water partition coefficient (Wildman–Crippen LogP) is 2.40. The minimum atomic E-state index is 0.0106. The van der Waals surface area contributed by atoms with E-state index in [2.05, 4.69) is 30.1 Å². The van der Waals surface area contributed by atoms with Gasteiger partial charge in [-0.2, -0.15) is 0 Å². The number of carbonyl (C=O) groups is 1. The van der Waals surface area contributed by atoms with Crippen LogP contribution in [0.4, 0.5) is 0 Å². The maximum absolute atomic E-state index is 12.6. The molecular formula is C18H26N2O2. The standard InChI is InChI=1S/C18H26N2O2/c1-3-13-10-14-7-9-22-17(14)16(11-13)18(21)19-12-15-6-5-8-20(15)4-2/h10-11,15H,3-9,12H2,1-2H3,(H,19,21)/t15-/m0/s1. The van der Waals surface area contributed by atoms with Gasteiger partial charge in [-0.15, -0.1) is 0 Å². The first-order valence-electron chi connectivity index (χ1n) is 8.53. The molecule has 0 spiro atoms. The Bertz CT molecular complexity index is 556. The Kier molecular flexibility index (Phi) is 4.67. The van der Waals surface area contributed by atoms with Crippen LogP contribution < -0.4 is 10.1 Å². The summed E-state index contributed by atoms with van der Waals surface area (Å²) in [6, 6.07) is 4.65. The maximum atomic E-state index is 12.6. The summed E-state index contributed by atoms with van der Waals surface area (Å²) in [5.74, 6) is 0.810. The van der Waals surface area contributed by atoms with Crippen LogP contribution in [0.15, 0.2) is 12.1 Å². The zero-order valence-electron chi connectivity index (χ0n) is 13.7. The Balaban J connectivity index is 1.71. The molecule has 1 fully saturated rings. The van der Waals surface area contributed by atoms with Gasteiger partial charge in [-0.1, -0.05) is 19.9 Å². The summed E-state index contributed by atoms with van der Waals surface area (Å²) >= 11 is 0. The summed E-state index contributed by atoms with van der Waals surface area (Å²) in [7, 11) is 0. The molecule has 0 bridgehead atoms. The number of nitrogens with one attached hydrogen (secondary N) is 1. The van der Waals surface area contributed by atoms with Crippen LogP contribution in [0.1, 0.15) is 48.2 Å². The van der Waals surface area contributed by atoms with Crippen LogP contribution in [-0.2, 0) is 12.8 Å². The lowest BCUT2D eigenvalue weighted by atomic mass is 10.0. The molecule has 2 aliphatic rings. The van der Waals surface area contributed by atoms with Crippen molar-refractivity contribution >= 4 is 5.91 Å². The molecule has 1 amide bonds. The van der Waals surface area contributed by atoms with Crippen molar-refractivity contribution in [1.82, 2.24) is 10.2 Å². The number of carbonyl (C=O) groups excluding carboxylic acids is 1. The average molecular weight is 302 g/mol. The average Bonchev–Trinajstić information content (AvgIpc) is 3.19. The van der Waals surface area contributed by atoms with Crippen molar-refractivity contribution in [2.45, 2.75) is 45.6 Å². The third-order valence-corrected chi connectivity index (χ3v) is 4.90. The van der Waals surface area contributed by atoms with E-state index in [1.807, 2.05) is 6.07 Å². The molecule has 2 heterocycles. The van der Waals surface area contributed by atoms with E-state index in [1.54, 1.807) is 0 Å². The first-order chi connectivity index (χ1) is 10.7. The van der Waals surface area contributed by atoms with Gasteiger partial charge in [0, 0.05) is 19.0 Å². The molecule has 1 aromatic rings. The summed E-state index contributed by atoms with van der Waals surface area (Å²) in [5, 5.41) is 3.13. The van der Waals surface area contributed by atoms with Crippen LogP contribution in [0.3, 0.4) is 0 Å². The van der Waals surface area contributed by atoms with Crippen molar-refractivity contribution in [1.29, 1.82) is 0 Å². The number of amides is 1. The Morgan fingerprint density at radius 2 is 2.27 bits per heavy atom. The monoisotopic (exact) mass is 302 g/mol. The summed E-state index contributed by atoms with van der Waals surface area (Å²) < 4.78 is 5.69. The van der Waals surface area contributed by atoms with E-state index in [0.717, 1.165) is 38.2 Å². The van der Waals surface area contributed by atoms with E-state index >= 15 is 0 Å². The van der Waals surface area contributed by atoms with Gasteiger partial charge >= 0.3 is 0 Å². The summed E-state index contributed by atoms with van der Waals surface area (Å²) in [6.45, 7) is 7.94. The van der Waals surface area contributed by atoms with Gasteiger partial charge in [0.05, 0.1) is 12.2 Å². The van der Waals surface area contributed by atoms with Crippen molar-refractivity contribution in [3.8, 4) is 5.75 Å². The van der Waals surface area contributed by atoms with Crippen LogP contribution in [0.5, 0.6) is 5.75 Å². The SMILES string of the molecule is CCc1cc2c(c(C(=O)NC[C@@H]3CCCN3CC)c1)OCC2. The normalized spacial score (nSPS) is 20.7. The molecule has 0 radical (unpaired) electrons. The zero-order valence-corrected chi connectivity index (χ0v) is 13.7. The molecule has 0 aromatic heterocycles. The molecule has 22 heavy (non-hydrogen) atoms. The second-order valence-corrected chi connectivity index (χ2v) is 6.22. The number of hydrogen-bond donors (Lipinski definition) is 1. The van der Waals surface area contributed by atoms with Gasteiger partial charge in [0.2, 0.25) is 0 Å². The highest BCUT2D eigenvalue weighted by Crippen LogP contribution is 2.31. The molecule has 4 nitrogen and oxygen atoms in total.